The number of furan rings is 1. The van der Waals surface area contributed by atoms with Gasteiger partial charge in [-0.1, -0.05) is 121 Å². The van der Waals surface area contributed by atoms with E-state index in [4.69, 9.17) is 14.4 Å². The Morgan fingerprint density at radius 2 is 0.891 bits per heavy atom. The van der Waals surface area contributed by atoms with Crippen LogP contribution in [0.5, 0.6) is 0 Å². The first-order valence-electron chi connectivity index (χ1n) is 18.4. The van der Waals surface area contributed by atoms with E-state index in [9.17, 15) is 0 Å². The van der Waals surface area contributed by atoms with Crippen LogP contribution in [0.1, 0.15) is 0 Å². The molecule has 0 N–H and O–H groups in total. The third-order valence-corrected chi connectivity index (χ3v) is 13.3. The second-order valence-corrected chi connectivity index (χ2v) is 16.2. The smallest absolute Gasteiger partial charge is 0.246 e. The Hall–Kier alpha value is -6.66. The molecule has 0 aliphatic carbocycles. The van der Waals surface area contributed by atoms with Crippen LogP contribution in [0.3, 0.4) is 0 Å². The van der Waals surface area contributed by atoms with Crippen LogP contribution in [0.25, 0.3) is 118 Å². The molecule has 0 radical (unpaired) electrons. The minimum atomic E-state index is 0.552. The van der Waals surface area contributed by atoms with Crippen molar-refractivity contribution in [1.82, 2.24) is 9.97 Å². The normalized spacial score (nSPS) is 12.0. The molecule has 0 bridgehead atoms. The van der Waals surface area contributed by atoms with Gasteiger partial charge < -0.3 is 4.42 Å². The highest BCUT2D eigenvalue weighted by Gasteiger charge is 2.16. The van der Waals surface area contributed by atoms with Crippen molar-refractivity contribution in [3.8, 4) is 44.5 Å². The van der Waals surface area contributed by atoms with Gasteiger partial charge in [0.25, 0.3) is 0 Å². The van der Waals surface area contributed by atoms with Crippen LogP contribution in [0, 0.1) is 0 Å². The molecule has 256 valence electrons. The van der Waals surface area contributed by atoms with E-state index >= 15 is 0 Å². The van der Waals surface area contributed by atoms with Crippen molar-refractivity contribution in [2.24, 2.45) is 0 Å². The number of fused-ring (bicyclic) bond motifs is 10. The molecule has 0 aliphatic heterocycles. The summed E-state index contributed by atoms with van der Waals surface area (Å²) in [4.78, 5) is 10.1. The van der Waals surface area contributed by atoms with Crippen LogP contribution in [0.4, 0.5) is 0 Å². The molecule has 0 spiro atoms. The van der Waals surface area contributed by atoms with E-state index in [1.807, 2.05) is 28.7 Å². The van der Waals surface area contributed by atoms with Crippen LogP contribution in [0.15, 0.2) is 174 Å². The lowest BCUT2D eigenvalue weighted by Gasteiger charge is -2.08. The summed E-state index contributed by atoms with van der Waals surface area (Å²) in [5.41, 5.74) is 13.2. The molecule has 0 unspecified atom stereocenters. The summed E-state index contributed by atoms with van der Waals surface area (Å²) in [6.45, 7) is 0. The molecule has 5 heteroatoms. The average molecular weight is 737 g/mol. The lowest BCUT2D eigenvalue weighted by atomic mass is 9.97. The van der Waals surface area contributed by atoms with E-state index < -0.39 is 0 Å². The molecule has 0 fully saturated rings. The molecule has 0 saturated carbocycles. The van der Waals surface area contributed by atoms with Crippen LogP contribution in [-0.2, 0) is 0 Å². The summed E-state index contributed by atoms with van der Waals surface area (Å²) in [7, 11) is 0. The fraction of sp³-hybridized carbons (Fsp3) is 0. The molecular weight excluding hydrogens is 709 g/mol. The minimum absolute atomic E-state index is 0.552. The Morgan fingerprint density at radius 1 is 0.364 bits per heavy atom. The molecule has 3 nitrogen and oxygen atoms in total. The Kier molecular flexibility index (Phi) is 6.67. The molecule has 12 rings (SSSR count). The molecule has 4 aromatic heterocycles. The summed E-state index contributed by atoms with van der Waals surface area (Å²) in [6.07, 6.45) is 0. The van der Waals surface area contributed by atoms with Gasteiger partial charge in [-0.3, -0.25) is 0 Å². The first kappa shape index (κ1) is 30.8. The molecule has 4 heterocycles. The summed E-state index contributed by atoms with van der Waals surface area (Å²) in [5.74, 6) is 0. The zero-order chi connectivity index (χ0) is 36.0. The number of rotatable bonds is 4. The summed E-state index contributed by atoms with van der Waals surface area (Å²) >= 11 is 3.73. The molecular formula is C50H28N2OS2. The first-order valence-corrected chi connectivity index (χ1v) is 20.0. The maximum Gasteiger partial charge on any atom is 0.246 e. The third-order valence-electron chi connectivity index (χ3n) is 10.9. The fourth-order valence-corrected chi connectivity index (χ4v) is 10.7. The maximum atomic E-state index is 6.29. The van der Waals surface area contributed by atoms with E-state index in [1.165, 1.54) is 62.6 Å². The van der Waals surface area contributed by atoms with Crippen LogP contribution in [-0.4, -0.2) is 9.97 Å². The second kappa shape index (κ2) is 11.9. The van der Waals surface area contributed by atoms with Gasteiger partial charge in [0.15, 0.2) is 0 Å². The van der Waals surface area contributed by atoms with Gasteiger partial charge in [-0.05, 0) is 93.0 Å². The van der Waals surface area contributed by atoms with E-state index in [2.05, 4.69) is 164 Å². The van der Waals surface area contributed by atoms with E-state index in [0.717, 1.165) is 49.8 Å². The van der Waals surface area contributed by atoms with E-state index in [1.54, 1.807) is 0 Å². The summed E-state index contributed by atoms with van der Waals surface area (Å²) in [5, 5.41) is 6.20. The van der Waals surface area contributed by atoms with E-state index in [0.29, 0.717) is 5.71 Å². The summed E-state index contributed by atoms with van der Waals surface area (Å²) in [6, 6.07) is 61.0. The van der Waals surface area contributed by atoms with Gasteiger partial charge in [0.05, 0.1) is 11.0 Å². The highest BCUT2D eigenvalue weighted by molar-refractivity contribution is 7.26. The number of thiophene rings is 2. The Bertz CT molecular complexity index is 3510. The lowest BCUT2D eigenvalue weighted by Crippen LogP contribution is -1.87. The van der Waals surface area contributed by atoms with Crippen molar-refractivity contribution in [1.29, 1.82) is 0 Å². The predicted octanol–water partition coefficient (Wildman–Crippen LogP) is 14.9. The maximum absolute atomic E-state index is 6.29. The number of hydrogen-bond donors (Lipinski definition) is 0. The topological polar surface area (TPSA) is 38.9 Å². The van der Waals surface area contributed by atoms with Crippen molar-refractivity contribution in [3.63, 3.8) is 0 Å². The van der Waals surface area contributed by atoms with Crippen molar-refractivity contribution >= 4 is 96.3 Å². The SMILES string of the molecule is c1cc(-c2ccc3nc4oc5ccc(-c6cccc(-c7cccc8c7sc7ccccc78)c6)cc5c4nc3c2)cc(-c2cccc3c2sc2ccccc23)c1. The number of nitrogens with zero attached hydrogens (tertiary/aromatic N) is 2. The van der Waals surface area contributed by atoms with Gasteiger partial charge in [0, 0.05) is 45.7 Å². The molecule has 0 amide bonds. The van der Waals surface area contributed by atoms with Crippen LogP contribution < -0.4 is 0 Å². The third kappa shape index (κ3) is 4.87. The van der Waals surface area contributed by atoms with Gasteiger partial charge in [0.2, 0.25) is 5.71 Å². The van der Waals surface area contributed by atoms with Crippen molar-refractivity contribution in [2.75, 3.05) is 0 Å². The second-order valence-electron chi connectivity index (χ2n) is 14.1. The fourth-order valence-electron chi connectivity index (χ4n) is 8.23. The molecule has 8 aromatic carbocycles. The summed E-state index contributed by atoms with van der Waals surface area (Å²) < 4.78 is 11.6. The number of hydrogen-bond acceptors (Lipinski definition) is 5. The number of benzene rings is 8. The Labute approximate surface area is 323 Å². The molecule has 0 aliphatic rings. The zero-order valence-electron chi connectivity index (χ0n) is 29.3. The van der Waals surface area contributed by atoms with Gasteiger partial charge in [0.1, 0.15) is 11.1 Å². The van der Waals surface area contributed by atoms with E-state index in [-0.39, 0.29) is 0 Å². The largest absolute Gasteiger partial charge is 0.436 e. The first-order chi connectivity index (χ1) is 27.2. The molecule has 0 atom stereocenters. The lowest BCUT2D eigenvalue weighted by molar-refractivity contribution is 0.655. The van der Waals surface area contributed by atoms with Gasteiger partial charge in [-0.25, -0.2) is 9.97 Å². The van der Waals surface area contributed by atoms with Crippen LogP contribution >= 0.6 is 22.7 Å². The standard InChI is InChI=1S/C50H28N2OS2/c1-3-19-45-37(13-1)39-17-7-15-35(48(39)54-45)33-11-5-9-29(25-33)31-22-24-44-41(27-31)47-50(53-44)52-42-23-21-32(28-43(42)51-47)30-10-6-12-34(26-30)36-16-8-18-40-38-14-2-4-20-46(38)55-49(36)40/h1-28H. The zero-order valence-corrected chi connectivity index (χ0v) is 30.9. The molecule has 55 heavy (non-hydrogen) atoms. The quantitative estimate of drug-likeness (QED) is 0.181. The van der Waals surface area contributed by atoms with Crippen molar-refractivity contribution in [2.45, 2.75) is 0 Å². The van der Waals surface area contributed by atoms with Crippen LogP contribution in [0.2, 0.25) is 0 Å². The predicted molar refractivity (Wildman–Crippen MR) is 234 cm³/mol. The van der Waals surface area contributed by atoms with Crippen molar-refractivity contribution < 1.29 is 4.42 Å². The highest BCUT2D eigenvalue weighted by Crippen LogP contribution is 2.42. The van der Waals surface area contributed by atoms with Gasteiger partial charge >= 0.3 is 0 Å². The molecule has 12 aromatic rings. The Morgan fingerprint density at radius 3 is 1.55 bits per heavy atom. The Balaban J connectivity index is 0.934. The van der Waals surface area contributed by atoms with Crippen molar-refractivity contribution in [3.05, 3.63) is 170 Å². The monoisotopic (exact) mass is 736 g/mol. The van der Waals surface area contributed by atoms with Gasteiger partial charge in [-0.2, -0.15) is 0 Å². The minimum Gasteiger partial charge on any atom is -0.436 e. The molecule has 0 saturated heterocycles. The number of aromatic nitrogens is 2. The van der Waals surface area contributed by atoms with Gasteiger partial charge in [-0.15, -0.1) is 22.7 Å². The average Bonchev–Trinajstić information content (AvgIpc) is 3.93. The highest BCUT2D eigenvalue weighted by atomic mass is 32.1.